The number of rotatable bonds is 2. The Labute approximate surface area is 126 Å². The molecule has 0 spiro atoms. The van der Waals surface area contributed by atoms with Crippen molar-refractivity contribution in [3.05, 3.63) is 29.1 Å². The number of hydrogen-bond acceptors (Lipinski definition) is 4. The number of ether oxygens (including phenoxy) is 1. The third-order valence-corrected chi connectivity index (χ3v) is 4.47. The molecule has 22 heavy (non-hydrogen) atoms. The maximum atomic E-state index is 13.7. The maximum absolute atomic E-state index is 13.7. The molecule has 116 valence electrons. The van der Waals surface area contributed by atoms with E-state index >= 15 is 0 Å². The summed E-state index contributed by atoms with van der Waals surface area (Å²) in [6.07, 6.45) is 1.65. The predicted molar refractivity (Wildman–Crippen MR) is 75.0 cm³/mol. The van der Waals surface area contributed by atoms with Gasteiger partial charge in [-0.3, -0.25) is 19.7 Å². The molecule has 1 fully saturated rings. The smallest absolute Gasteiger partial charge is 0.230 e. The van der Waals surface area contributed by atoms with Crippen molar-refractivity contribution in [2.75, 3.05) is 7.11 Å². The summed E-state index contributed by atoms with van der Waals surface area (Å²) in [4.78, 5) is 35.9. The first-order chi connectivity index (χ1) is 10.5. The second kappa shape index (κ2) is 5.51. The number of ketones is 1. The highest BCUT2D eigenvalue weighted by Crippen LogP contribution is 2.37. The molecule has 5 nitrogen and oxygen atoms in total. The second-order valence-electron chi connectivity index (χ2n) is 5.70. The minimum absolute atomic E-state index is 0.236. The average molecular weight is 305 g/mol. The summed E-state index contributed by atoms with van der Waals surface area (Å²) in [7, 11) is 1.44. The van der Waals surface area contributed by atoms with Crippen LogP contribution in [-0.4, -0.2) is 24.7 Å². The Morgan fingerprint density at radius 2 is 1.86 bits per heavy atom. The third-order valence-electron chi connectivity index (χ3n) is 4.47. The molecule has 2 unspecified atom stereocenters. The highest BCUT2D eigenvalue weighted by atomic mass is 19.1. The van der Waals surface area contributed by atoms with Gasteiger partial charge in [0.1, 0.15) is 11.6 Å². The second-order valence-corrected chi connectivity index (χ2v) is 5.70. The van der Waals surface area contributed by atoms with Crippen molar-refractivity contribution in [1.29, 1.82) is 0 Å². The number of hydrogen-bond donors (Lipinski definition) is 1. The molecule has 2 aliphatic rings. The Hall–Kier alpha value is -2.24. The van der Waals surface area contributed by atoms with E-state index in [0.29, 0.717) is 30.6 Å². The number of benzene rings is 1. The first-order valence-corrected chi connectivity index (χ1v) is 7.25. The molecule has 1 aliphatic carbocycles. The van der Waals surface area contributed by atoms with E-state index in [2.05, 4.69) is 5.32 Å². The summed E-state index contributed by atoms with van der Waals surface area (Å²) in [5.74, 6) is -2.15. The van der Waals surface area contributed by atoms with Gasteiger partial charge < -0.3 is 4.74 Å². The minimum Gasteiger partial charge on any atom is -0.496 e. The zero-order valence-corrected chi connectivity index (χ0v) is 12.1. The summed E-state index contributed by atoms with van der Waals surface area (Å²) in [6.45, 7) is 0. The maximum Gasteiger partial charge on any atom is 0.230 e. The summed E-state index contributed by atoms with van der Waals surface area (Å²) < 4.78 is 18.8. The molecule has 6 heteroatoms. The number of halogens is 1. The fraction of sp³-hybridized carbons (Fsp3) is 0.438. The lowest BCUT2D eigenvalue weighted by Crippen LogP contribution is -2.46. The number of piperidine rings is 1. The third kappa shape index (κ3) is 2.38. The number of carbonyl (C=O) groups excluding carboxylic acids is 3. The van der Waals surface area contributed by atoms with E-state index in [-0.39, 0.29) is 23.7 Å². The average Bonchev–Trinajstić information content (AvgIpc) is 2.48. The number of Topliss-reactive ketones (excluding diaryl/α,β-unsaturated/α-hetero) is 1. The first kappa shape index (κ1) is 14.7. The fourth-order valence-electron chi connectivity index (χ4n) is 3.38. The van der Waals surface area contributed by atoms with Crippen molar-refractivity contribution in [2.45, 2.75) is 25.7 Å². The summed E-state index contributed by atoms with van der Waals surface area (Å²) >= 11 is 0. The SMILES string of the molecule is COc1cc(F)cc2c1CCC(C1CCC(=O)NC1=O)C2=O. The Balaban J connectivity index is 1.93. The van der Waals surface area contributed by atoms with Gasteiger partial charge >= 0.3 is 0 Å². The van der Waals surface area contributed by atoms with Crippen LogP contribution in [0.2, 0.25) is 0 Å². The molecular formula is C16H16FNO4. The Bertz CT molecular complexity index is 670. The zero-order chi connectivity index (χ0) is 15.9. The van der Waals surface area contributed by atoms with Crippen molar-refractivity contribution in [3.8, 4) is 5.75 Å². The molecule has 0 saturated carbocycles. The Kier molecular flexibility index (Phi) is 3.68. The number of carbonyl (C=O) groups is 3. The van der Waals surface area contributed by atoms with Crippen LogP contribution in [0.1, 0.15) is 35.2 Å². The summed E-state index contributed by atoms with van der Waals surface area (Å²) in [5, 5.41) is 2.28. The minimum atomic E-state index is -0.534. The van der Waals surface area contributed by atoms with Crippen LogP contribution in [-0.2, 0) is 16.0 Å². The van der Waals surface area contributed by atoms with Crippen LogP contribution in [0.4, 0.5) is 4.39 Å². The molecule has 1 aromatic rings. The van der Waals surface area contributed by atoms with Crippen LogP contribution >= 0.6 is 0 Å². The summed E-state index contributed by atoms with van der Waals surface area (Å²) in [6, 6.07) is 2.47. The van der Waals surface area contributed by atoms with Gasteiger partial charge in [-0.2, -0.15) is 0 Å². The van der Waals surface area contributed by atoms with Crippen LogP contribution in [0.15, 0.2) is 12.1 Å². The predicted octanol–water partition coefficient (Wildman–Crippen LogP) is 1.63. The van der Waals surface area contributed by atoms with E-state index in [1.807, 2.05) is 0 Å². The Morgan fingerprint density at radius 1 is 1.14 bits per heavy atom. The summed E-state index contributed by atoms with van der Waals surface area (Å²) in [5.41, 5.74) is 0.982. The van der Waals surface area contributed by atoms with Crippen LogP contribution in [0.25, 0.3) is 0 Å². The highest BCUT2D eigenvalue weighted by Gasteiger charge is 2.40. The van der Waals surface area contributed by atoms with Gasteiger partial charge in [0.15, 0.2) is 5.78 Å². The molecule has 1 saturated heterocycles. The lowest BCUT2D eigenvalue weighted by atomic mass is 9.73. The lowest BCUT2D eigenvalue weighted by Gasteiger charge is -2.32. The van der Waals surface area contributed by atoms with Crippen molar-refractivity contribution in [2.24, 2.45) is 11.8 Å². The van der Waals surface area contributed by atoms with Crippen molar-refractivity contribution in [3.63, 3.8) is 0 Å². The highest BCUT2D eigenvalue weighted by molar-refractivity contribution is 6.06. The van der Waals surface area contributed by atoms with Gasteiger partial charge in [0.05, 0.1) is 7.11 Å². The number of methoxy groups -OCH3 is 1. The fourth-order valence-corrected chi connectivity index (χ4v) is 3.38. The van der Waals surface area contributed by atoms with E-state index in [9.17, 15) is 18.8 Å². The topological polar surface area (TPSA) is 72.5 Å². The lowest BCUT2D eigenvalue weighted by molar-refractivity contribution is -0.137. The molecule has 2 atom stereocenters. The molecule has 0 bridgehead atoms. The standard InChI is InChI=1S/C16H16FNO4/c1-22-13-7-8(17)6-12-9(13)2-3-10(15(12)20)11-4-5-14(19)18-16(11)21/h6-7,10-11H,2-5H2,1H3,(H,18,19,21). The van der Waals surface area contributed by atoms with Gasteiger partial charge in [0.25, 0.3) is 0 Å². The van der Waals surface area contributed by atoms with E-state index in [0.717, 1.165) is 0 Å². The van der Waals surface area contributed by atoms with E-state index in [1.165, 1.54) is 19.2 Å². The molecule has 1 N–H and O–H groups in total. The molecule has 0 radical (unpaired) electrons. The van der Waals surface area contributed by atoms with Gasteiger partial charge in [0.2, 0.25) is 11.8 Å². The first-order valence-electron chi connectivity index (χ1n) is 7.25. The zero-order valence-electron chi connectivity index (χ0n) is 12.1. The van der Waals surface area contributed by atoms with E-state index in [4.69, 9.17) is 4.74 Å². The van der Waals surface area contributed by atoms with Gasteiger partial charge in [-0.1, -0.05) is 0 Å². The van der Waals surface area contributed by atoms with Gasteiger partial charge in [0, 0.05) is 35.4 Å². The molecule has 1 heterocycles. The Morgan fingerprint density at radius 3 is 2.55 bits per heavy atom. The van der Waals surface area contributed by atoms with Crippen molar-refractivity contribution >= 4 is 17.6 Å². The molecule has 1 aromatic carbocycles. The molecule has 0 aromatic heterocycles. The number of imide groups is 1. The van der Waals surface area contributed by atoms with Crippen LogP contribution in [0.5, 0.6) is 5.75 Å². The van der Waals surface area contributed by atoms with Gasteiger partial charge in [-0.15, -0.1) is 0 Å². The number of nitrogens with one attached hydrogen (secondary N) is 1. The number of amides is 2. The molecule has 2 amide bonds. The molecule has 3 rings (SSSR count). The van der Waals surface area contributed by atoms with Crippen LogP contribution in [0.3, 0.4) is 0 Å². The van der Waals surface area contributed by atoms with Gasteiger partial charge in [-0.05, 0) is 25.3 Å². The largest absolute Gasteiger partial charge is 0.496 e. The van der Waals surface area contributed by atoms with E-state index < -0.39 is 23.6 Å². The normalized spacial score (nSPS) is 24.7. The quantitative estimate of drug-likeness (QED) is 0.843. The monoisotopic (exact) mass is 305 g/mol. The van der Waals surface area contributed by atoms with Crippen molar-refractivity contribution < 1.29 is 23.5 Å². The van der Waals surface area contributed by atoms with Crippen LogP contribution in [0, 0.1) is 17.7 Å². The van der Waals surface area contributed by atoms with Gasteiger partial charge in [-0.25, -0.2) is 4.39 Å². The van der Waals surface area contributed by atoms with E-state index in [1.54, 1.807) is 0 Å². The molecular weight excluding hydrogens is 289 g/mol. The molecule has 1 aliphatic heterocycles. The number of fused-ring (bicyclic) bond motifs is 1. The van der Waals surface area contributed by atoms with Crippen LogP contribution < -0.4 is 10.1 Å². The van der Waals surface area contributed by atoms with Crippen molar-refractivity contribution in [1.82, 2.24) is 5.32 Å².